The van der Waals surface area contributed by atoms with Gasteiger partial charge in [-0.15, -0.1) is 0 Å². The molecule has 0 aromatic heterocycles. The summed E-state index contributed by atoms with van der Waals surface area (Å²) in [5.74, 6) is 0.904. The van der Waals surface area contributed by atoms with Crippen molar-refractivity contribution in [3.8, 4) is 5.75 Å². The molecule has 0 N–H and O–H groups in total. The highest BCUT2D eigenvalue weighted by Gasteiger charge is 2.35. The Morgan fingerprint density at radius 2 is 1.75 bits per heavy atom. The molecule has 0 radical (unpaired) electrons. The van der Waals surface area contributed by atoms with Gasteiger partial charge in [0.2, 0.25) is 5.91 Å². The van der Waals surface area contributed by atoms with E-state index in [1.165, 1.54) is 0 Å². The van der Waals surface area contributed by atoms with E-state index >= 15 is 0 Å². The first kappa shape index (κ1) is 24.6. The molecule has 1 aromatic rings. The molecule has 1 aliphatic carbocycles. The Morgan fingerprint density at radius 3 is 2.50 bits per heavy atom. The smallest absolute Gasteiger partial charge is 0.257 e. The lowest BCUT2D eigenvalue weighted by molar-refractivity contribution is -0.137. The Hall–Kier alpha value is -2.08. The van der Waals surface area contributed by atoms with Gasteiger partial charge in [0.25, 0.3) is 5.91 Å². The van der Waals surface area contributed by atoms with Crippen LogP contribution >= 0.6 is 0 Å². The molecule has 0 saturated heterocycles. The Balaban J connectivity index is 1.92. The number of likely N-dealkylation sites (N-methyl/N-ethyl adjacent to an activating group) is 1. The van der Waals surface area contributed by atoms with Gasteiger partial charge in [0.05, 0.1) is 18.2 Å². The van der Waals surface area contributed by atoms with Crippen molar-refractivity contribution >= 4 is 11.8 Å². The Kier molecular flexibility index (Phi) is 9.39. The highest BCUT2D eigenvalue weighted by molar-refractivity contribution is 5.97. The highest BCUT2D eigenvalue weighted by Crippen LogP contribution is 2.30. The molecule has 1 saturated carbocycles. The number of amides is 2. The van der Waals surface area contributed by atoms with Gasteiger partial charge in [-0.25, -0.2) is 0 Å². The number of rotatable bonds is 4. The first-order valence-corrected chi connectivity index (χ1v) is 12.5. The van der Waals surface area contributed by atoms with E-state index in [0.29, 0.717) is 17.9 Å². The molecule has 1 fully saturated rings. The molecule has 0 spiro atoms. The molecule has 0 unspecified atom stereocenters. The van der Waals surface area contributed by atoms with Crippen LogP contribution in [-0.4, -0.2) is 78.9 Å². The van der Waals surface area contributed by atoms with Crippen molar-refractivity contribution in [3.63, 3.8) is 0 Å². The molecule has 0 bridgehead atoms. The molecule has 6 heteroatoms. The molecule has 178 valence electrons. The van der Waals surface area contributed by atoms with Crippen molar-refractivity contribution in [3.05, 3.63) is 29.8 Å². The first-order chi connectivity index (χ1) is 15.5. The van der Waals surface area contributed by atoms with Gasteiger partial charge in [-0.1, -0.05) is 38.3 Å². The van der Waals surface area contributed by atoms with Crippen molar-refractivity contribution < 1.29 is 14.3 Å². The molecule has 2 amide bonds. The number of benzene rings is 1. The van der Waals surface area contributed by atoms with E-state index in [4.69, 9.17) is 4.74 Å². The number of fused-ring (bicyclic) bond motifs is 2. The summed E-state index contributed by atoms with van der Waals surface area (Å²) in [6.45, 7) is 4.87. The second kappa shape index (κ2) is 12.2. The van der Waals surface area contributed by atoms with Crippen molar-refractivity contribution in [1.29, 1.82) is 0 Å². The fraction of sp³-hybridized carbons (Fsp3) is 0.692. The number of carbonyl (C=O) groups excluding carboxylic acids is 2. The monoisotopic (exact) mass is 443 g/mol. The van der Waals surface area contributed by atoms with E-state index in [0.717, 1.165) is 77.4 Å². The number of para-hydroxylation sites is 1. The number of carbonyl (C=O) groups is 2. The summed E-state index contributed by atoms with van der Waals surface area (Å²) < 4.78 is 6.57. The molecule has 1 aliphatic heterocycles. The summed E-state index contributed by atoms with van der Waals surface area (Å²) in [5, 5.41) is 0. The Bertz CT molecular complexity index is 752. The van der Waals surface area contributed by atoms with E-state index in [1.54, 1.807) is 0 Å². The van der Waals surface area contributed by atoms with Crippen LogP contribution in [0.15, 0.2) is 24.3 Å². The van der Waals surface area contributed by atoms with Gasteiger partial charge < -0.3 is 19.4 Å². The Morgan fingerprint density at radius 1 is 1.03 bits per heavy atom. The Labute approximate surface area is 193 Å². The van der Waals surface area contributed by atoms with E-state index < -0.39 is 0 Å². The third-order valence-corrected chi connectivity index (χ3v) is 6.59. The molecular formula is C26H41N3O3. The second-order valence-corrected chi connectivity index (χ2v) is 9.54. The maximum absolute atomic E-state index is 13.4. The van der Waals surface area contributed by atoms with E-state index in [9.17, 15) is 9.59 Å². The summed E-state index contributed by atoms with van der Waals surface area (Å²) in [6, 6.07) is 7.72. The molecule has 3 rings (SSSR count). The van der Waals surface area contributed by atoms with Crippen molar-refractivity contribution in [2.45, 2.75) is 76.9 Å². The average molecular weight is 444 g/mol. The zero-order valence-corrected chi connectivity index (χ0v) is 20.2. The van der Waals surface area contributed by atoms with Gasteiger partial charge in [0.15, 0.2) is 0 Å². The van der Waals surface area contributed by atoms with Gasteiger partial charge in [-0.3, -0.25) is 9.59 Å². The maximum Gasteiger partial charge on any atom is 0.257 e. The molecule has 6 nitrogen and oxygen atoms in total. The van der Waals surface area contributed by atoms with E-state index in [1.807, 2.05) is 48.2 Å². The molecular weight excluding hydrogens is 402 g/mol. The predicted octanol–water partition coefficient (Wildman–Crippen LogP) is 4.19. The van der Waals surface area contributed by atoms with Gasteiger partial charge in [0, 0.05) is 19.6 Å². The van der Waals surface area contributed by atoms with Crippen molar-refractivity contribution in [2.75, 3.05) is 40.3 Å². The highest BCUT2D eigenvalue weighted by atomic mass is 16.5. The zero-order chi connectivity index (χ0) is 22.9. The lowest BCUT2D eigenvalue weighted by atomic mass is 9.90. The van der Waals surface area contributed by atoms with Crippen molar-refractivity contribution in [2.24, 2.45) is 0 Å². The summed E-state index contributed by atoms with van der Waals surface area (Å²) in [5.41, 5.74) is 0.647. The summed E-state index contributed by atoms with van der Waals surface area (Å²) in [6.07, 6.45) is 9.10. The first-order valence-electron chi connectivity index (χ1n) is 12.5. The fourth-order valence-corrected chi connectivity index (χ4v) is 5.01. The average Bonchev–Trinajstić information content (AvgIpc) is 2.77. The van der Waals surface area contributed by atoms with Crippen LogP contribution < -0.4 is 4.74 Å². The molecule has 32 heavy (non-hydrogen) atoms. The van der Waals surface area contributed by atoms with Crippen LogP contribution in [0, 0.1) is 0 Å². The largest absolute Gasteiger partial charge is 0.487 e. The standard InChI is InChI=1S/C26H41N3O3/c1-4-17-28-18-11-5-6-12-19-29(25(30)20-27(2)3)22-14-8-10-16-24(22)32-23-15-9-7-13-21(23)26(28)31/h7,9,13,15,22,24H,4-6,8,10-12,14,16-20H2,1-3H3/t22-,24+/m1/s1. The van der Waals surface area contributed by atoms with E-state index in [2.05, 4.69) is 11.8 Å². The topological polar surface area (TPSA) is 53.1 Å². The summed E-state index contributed by atoms with van der Waals surface area (Å²) in [7, 11) is 3.89. The molecule has 2 atom stereocenters. The zero-order valence-electron chi connectivity index (χ0n) is 20.2. The van der Waals surface area contributed by atoms with Gasteiger partial charge in [-0.2, -0.15) is 0 Å². The number of hydrogen-bond donors (Lipinski definition) is 0. The quantitative estimate of drug-likeness (QED) is 0.700. The summed E-state index contributed by atoms with van der Waals surface area (Å²) >= 11 is 0. The lowest BCUT2D eigenvalue weighted by Crippen LogP contribution is -2.53. The maximum atomic E-state index is 13.4. The minimum absolute atomic E-state index is 0.0624. The SMILES string of the molecule is CCCN1CCCCCCN(C(=O)CN(C)C)[C@@H]2CCCC[C@@H]2Oc2ccccc2C1=O. The van der Waals surface area contributed by atoms with Crippen molar-refractivity contribution in [1.82, 2.24) is 14.7 Å². The minimum Gasteiger partial charge on any atom is -0.487 e. The van der Waals surface area contributed by atoms with Crippen LogP contribution in [0.4, 0.5) is 0 Å². The third kappa shape index (κ3) is 6.47. The lowest BCUT2D eigenvalue weighted by Gasteiger charge is -2.40. The minimum atomic E-state index is -0.0774. The number of ether oxygens (including phenoxy) is 1. The summed E-state index contributed by atoms with van der Waals surface area (Å²) in [4.78, 5) is 32.6. The molecule has 1 heterocycles. The number of nitrogens with zero attached hydrogens (tertiary/aromatic N) is 3. The van der Waals surface area contributed by atoms with Crippen LogP contribution in [0.3, 0.4) is 0 Å². The van der Waals surface area contributed by atoms with Crippen LogP contribution in [0.25, 0.3) is 0 Å². The third-order valence-electron chi connectivity index (χ3n) is 6.59. The number of hydrogen-bond acceptors (Lipinski definition) is 4. The fourth-order valence-electron chi connectivity index (χ4n) is 5.01. The second-order valence-electron chi connectivity index (χ2n) is 9.54. The predicted molar refractivity (Wildman–Crippen MR) is 128 cm³/mol. The van der Waals surface area contributed by atoms with Gasteiger partial charge in [0.1, 0.15) is 11.9 Å². The van der Waals surface area contributed by atoms with Gasteiger partial charge >= 0.3 is 0 Å². The van der Waals surface area contributed by atoms with Crippen LogP contribution in [0.1, 0.15) is 75.1 Å². The normalized spacial score (nSPS) is 23.2. The van der Waals surface area contributed by atoms with Crippen LogP contribution in [0.2, 0.25) is 0 Å². The van der Waals surface area contributed by atoms with Crippen LogP contribution in [-0.2, 0) is 4.79 Å². The van der Waals surface area contributed by atoms with Crippen LogP contribution in [0.5, 0.6) is 5.75 Å². The van der Waals surface area contributed by atoms with Gasteiger partial charge in [-0.05, 0) is 64.8 Å². The molecule has 2 aliphatic rings. The van der Waals surface area contributed by atoms with E-state index in [-0.39, 0.29) is 24.0 Å². The molecule has 1 aromatic carbocycles.